The summed E-state index contributed by atoms with van der Waals surface area (Å²) in [4.78, 5) is 0. The largest absolute Gasteiger partial charge is 0.389 e. The zero-order valence-corrected chi connectivity index (χ0v) is 6.62. The van der Waals surface area contributed by atoms with E-state index in [1.807, 2.05) is 13.8 Å². The predicted octanol–water partition coefficient (Wildman–Crippen LogP) is 1.08. The van der Waals surface area contributed by atoms with Gasteiger partial charge in [0.25, 0.3) is 0 Å². The van der Waals surface area contributed by atoms with Crippen LogP contribution in [0.2, 0.25) is 0 Å². The van der Waals surface area contributed by atoms with Crippen molar-refractivity contribution >= 4 is 0 Å². The van der Waals surface area contributed by atoms with Gasteiger partial charge in [0.2, 0.25) is 0 Å². The highest BCUT2D eigenvalue weighted by Crippen LogP contribution is 1.96. The van der Waals surface area contributed by atoms with Crippen LogP contribution in [0.1, 0.15) is 26.7 Å². The minimum Gasteiger partial charge on any atom is -0.389 e. The Morgan fingerprint density at radius 2 is 1.30 bits per heavy atom. The molecule has 60 valence electrons. The van der Waals surface area contributed by atoms with Crippen molar-refractivity contribution in [1.82, 2.24) is 0 Å². The average molecular weight is 144 g/mol. The van der Waals surface area contributed by atoms with Crippen molar-refractivity contribution in [3.63, 3.8) is 0 Å². The molecule has 0 radical (unpaired) electrons. The van der Waals surface area contributed by atoms with Crippen molar-refractivity contribution < 1.29 is 10.2 Å². The van der Waals surface area contributed by atoms with Gasteiger partial charge in [-0.3, -0.25) is 0 Å². The highest BCUT2D eigenvalue weighted by molar-refractivity contribution is 4.92. The lowest BCUT2D eigenvalue weighted by molar-refractivity contribution is 0.203. The lowest BCUT2D eigenvalue weighted by atomic mass is 10.2. The molecule has 2 N–H and O–H groups in total. The molecular weight excluding hydrogens is 128 g/mol. The Labute approximate surface area is 62.2 Å². The molecule has 0 rings (SSSR count). The van der Waals surface area contributed by atoms with E-state index in [1.165, 1.54) is 0 Å². The lowest BCUT2D eigenvalue weighted by Crippen LogP contribution is -2.03. The maximum Gasteiger partial charge on any atom is 0.0719 e. The SMILES string of the molecule is CC[C@@H](O)/C=C/[C@H](O)CC. The second kappa shape index (κ2) is 5.45. The number of aliphatic hydroxyl groups excluding tert-OH is 2. The molecule has 2 heteroatoms. The van der Waals surface area contributed by atoms with Crippen LogP contribution in [0.5, 0.6) is 0 Å². The molecule has 0 fully saturated rings. The first-order chi connectivity index (χ1) is 4.70. The summed E-state index contributed by atoms with van der Waals surface area (Å²) in [6.07, 6.45) is 3.87. The third kappa shape index (κ3) is 4.53. The topological polar surface area (TPSA) is 40.5 Å². The van der Waals surface area contributed by atoms with E-state index >= 15 is 0 Å². The Morgan fingerprint density at radius 1 is 1.00 bits per heavy atom. The fourth-order valence-electron chi connectivity index (χ4n) is 0.529. The number of aliphatic hydroxyl groups is 2. The fraction of sp³-hybridized carbons (Fsp3) is 0.750. The number of rotatable bonds is 4. The molecule has 0 aliphatic carbocycles. The Morgan fingerprint density at radius 3 is 1.50 bits per heavy atom. The van der Waals surface area contributed by atoms with Gasteiger partial charge in [-0.1, -0.05) is 26.0 Å². The molecule has 0 spiro atoms. The van der Waals surface area contributed by atoms with Crippen molar-refractivity contribution in [3.05, 3.63) is 12.2 Å². The molecule has 0 aliphatic heterocycles. The molecule has 10 heavy (non-hydrogen) atoms. The quantitative estimate of drug-likeness (QED) is 0.580. The van der Waals surface area contributed by atoms with Crippen molar-refractivity contribution in [2.24, 2.45) is 0 Å². The summed E-state index contributed by atoms with van der Waals surface area (Å²) < 4.78 is 0. The summed E-state index contributed by atoms with van der Waals surface area (Å²) in [6.45, 7) is 3.79. The van der Waals surface area contributed by atoms with Gasteiger partial charge in [-0.15, -0.1) is 0 Å². The summed E-state index contributed by atoms with van der Waals surface area (Å²) in [7, 11) is 0. The Balaban J connectivity index is 3.52. The second-order valence-electron chi connectivity index (χ2n) is 2.34. The van der Waals surface area contributed by atoms with Crippen molar-refractivity contribution in [3.8, 4) is 0 Å². The Kier molecular flexibility index (Phi) is 5.26. The van der Waals surface area contributed by atoms with E-state index < -0.39 is 12.2 Å². The van der Waals surface area contributed by atoms with Crippen molar-refractivity contribution in [2.45, 2.75) is 38.9 Å². The molecule has 0 unspecified atom stereocenters. The maximum atomic E-state index is 9.00. The van der Waals surface area contributed by atoms with Gasteiger partial charge < -0.3 is 10.2 Å². The minimum absolute atomic E-state index is 0.402. The summed E-state index contributed by atoms with van der Waals surface area (Å²) in [6, 6.07) is 0. The van der Waals surface area contributed by atoms with Gasteiger partial charge in [-0.25, -0.2) is 0 Å². The molecular formula is C8H16O2. The van der Waals surface area contributed by atoms with Gasteiger partial charge in [-0.2, -0.15) is 0 Å². The molecule has 0 aromatic rings. The first kappa shape index (κ1) is 9.66. The van der Waals surface area contributed by atoms with E-state index in [1.54, 1.807) is 12.2 Å². The minimum atomic E-state index is -0.402. The summed E-state index contributed by atoms with van der Waals surface area (Å²) >= 11 is 0. The molecule has 0 aromatic carbocycles. The van der Waals surface area contributed by atoms with Gasteiger partial charge in [0.15, 0.2) is 0 Å². The van der Waals surface area contributed by atoms with E-state index in [-0.39, 0.29) is 0 Å². The highest BCUT2D eigenvalue weighted by atomic mass is 16.3. The zero-order chi connectivity index (χ0) is 7.98. The molecule has 0 heterocycles. The van der Waals surface area contributed by atoms with Crippen molar-refractivity contribution in [2.75, 3.05) is 0 Å². The molecule has 0 bridgehead atoms. The monoisotopic (exact) mass is 144 g/mol. The van der Waals surface area contributed by atoms with Crippen LogP contribution in [0.4, 0.5) is 0 Å². The molecule has 0 amide bonds. The van der Waals surface area contributed by atoms with Crippen LogP contribution in [0.15, 0.2) is 12.2 Å². The van der Waals surface area contributed by atoms with Gasteiger partial charge in [-0.05, 0) is 12.8 Å². The Hall–Kier alpha value is -0.340. The predicted molar refractivity (Wildman–Crippen MR) is 41.7 cm³/mol. The number of hydrogen-bond acceptors (Lipinski definition) is 2. The molecule has 0 aromatic heterocycles. The summed E-state index contributed by atoms with van der Waals surface area (Å²) in [5, 5.41) is 18.0. The van der Waals surface area contributed by atoms with Crippen LogP contribution in [-0.2, 0) is 0 Å². The molecule has 2 nitrogen and oxygen atoms in total. The number of hydrogen-bond donors (Lipinski definition) is 2. The van der Waals surface area contributed by atoms with Crippen molar-refractivity contribution in [1.29, 1.82) is 0 Å². The third-order valence-electron chi connectivity index (χ3n) is 1.39. The van der Waals surface area contributed by atoms with Crippen LogP contribution in [0, 0.1) is 0 Å². The molecule has 0 saturated carbocycles. The third-order valence-corrected chi connectivity index (χ3v) is 1.39. The van der Waals surface area contributed by atoms with Gasteiger partial charge >= 0.3 is 0 Å². The van der Waals surface area contributed by atoms with Gasteiger partial charge in [0, 0.05) is 0 Å². The van der Waals surface area contributed by atoms with E-state index in [9.17, 15) is 0 Å². The highest BCUT2D eigenvalue weighted by Gasteiger charge is 1.95. The van der Waals surface area contributed by atoms with Gasteiger partial charge in [0.1, 0.15) is 0 Å². The van der Waals surface area contributed by atoms with E-state index in [0.717, 1.165) is 0 Å². The maximum absolute atomic E-state index is 9.00. The normalized spacial score (nSPS) is 17.6. The first-order valence-electron chi connectivity index (χ1n) is 3.75. The van der Waals surface area contributed by atoms with E-state index in [4.69, 9.17) is 10.2 Å². The lowest BCUT2D eigenvalue weighted by Gasteiger charge is -2.02. The molecule has 0 aliphatic rings. The zero-order valence-electron chi connectivity index (χ0n) is 6.62. The summed E-state index contributed by atoms with van der Waals surface area (Å²) in [5.41, 5.74) is 0. The Bertz CT molecular complexity index is 87.4. The standard InChI is InChI=1S/C8H16O2/c1-3-7(9)5-6-8(10)4-2/h5-10H,3-4H2,1-2H3/b6-5+/t7-,8-/m1/s1. The molecule has 0 saturated heterocycles. The van der Waals surface area contributed by atoms with Crippen LogP contribution >= 0.6 is 0 Å². The smallest absolute Gasteiger partial charge is 0.0719 e. The summed E-state index contributed by atoms with van der Waals surface area (Å²) in [5.74, 6) is 0. The first-order valence-corrected chi connectivity index (χ1v) is 3.75. The van der Waals surface area contributed by atoms with Crippen LogP contribution in [0.25, 0.3) is 0 Å². The van der Waals surface area contributed by atoms with E-state index in [0.29, 0.717) is 12.8 Å². The van der Waals surface area contributed by atoms with E-state index in [2.05, 4.69) is 0 Å². The van der Waals surface area contributed by atoms with Crippen LogP contribution < -0.4 is 0 Å². The fourth-order valence-corrected chi connectivity index (χ4v) is 0.529. The average Bonchev–Trinajstić information content (AvgIpc) is 1.99. The molecule has 2 atom stereocenters. The van der Waals surface area contributed by atoms with Gasteiger partial charge in [0.05, 0.1) is 12.2 Å². The van der Waals surface area contributed by atoms with Crippen LogP contribution in [0.3, 0.4) is 0 Å². The van der Waals surface area contributed by atoms with Crippen LogP contribution in [-0.4, -0.2) is 22.4 Å². The second-order valence-corrected chi connectivity index (χ2v) is 2.34.